The first-order valence-electron chi connectivity index (χ1n) is 6.28. The van der Waals surface area contributed by atoms with E-state index in [2.05, 4.69) is 5.32 Å². The number of benzene rings is 2. The number of hydrogen-bond acceptors (Lipinski definition) is 3. The van der Waals surface area contributed by atoms with Crippen LogP contribution in [0.2, 0.25) is 0 Å². The Morgan fingerprint density at radius 2 is 1.95 bits per heavy atom. The van der Waals surface area contributed by atoms with Crippen LogP contribution in [0.3, 0.4) is 0 Å². The van der Waals surface area contributed by atoms with E-state index in [1.807, 2.05) is 13.0 Å². The van der Waals surface area contributed by atoms with Crippen LogP contribution < -0.4 is 5.32 Å². The second kappa shape index (κ2) is 6.25. The molecule has 0 radical (unpaired) electrons. The summed E-state index contributed by atoms with van der Waals surface area (Å²) in [5.74, 6) is -0.258. The van der Waals surface area contributed by atoms with E-state index in [-0.39, 0.29) is 17.5 Å². The average Bonchev–Trinajstić information content (AvgIpc) is 2.45. The molecule has 1 N–H and O–H groups in total. The van der Waals surface area contributed by atoms with E-state index < -0.39 is 4.92 Å². The Labute approximate surface area is 116 Å². The molecule has 20 heavy (non-hydrogen) atoms. The minimum absolute atomic E-state index is 0.000826. The molecule has 0 fully saturated rings. The van der Waals surface area contributed by atoms with E-state index in [9.17, 15) is 14.5 Å². The van der Waals surface area contributed by atoms with Gasteiger partial charge in [-0.2, -0.15) is 0 Å². The molecular weight excluding hydrogens is 259 g/mol. The highest BCUT2D eigenvalue weighted by Crippen LogP contribution is 2.16. The lowest BCUT2D eigenvalue weighted by molar-refractivity contribution is -0.384. The van der Waals surface area contributed by atoms with E-state index in [0.717, 1.165) is 11.1 Å². The van der Waals surface area contributed by atoms with Crippen molar-refractivity contribution in [3.8, 4) is 0 Å². The molecule has 0 aliphatic carbocycles. The Balaban J connectivity index is 1.96. The Morgan fingerprint density at radius 1 is 1.25 bits per heavy atom. The molecule has 0 aliphatic heterocycles. The highest BCUT2D eigenvalue weighted by Gasteiger charge is 2.07. The Morgan fingerprint density at radius 3 is 2.55 bits per heavy atom. The summed E-state index contributed by atoms with van der Waals surface area (Å²) < 4.78 is 13.1. The largest absolute Gasteiger partial charge is 0.306 e. The fraction of sp³-hybridized carbons (Fsp3) is 0.200. The summed E-state index contributed by atoms with van der Waals surface area (Å²) in [4.78, 5) is 10.1. The predicted molar refractivity (Wildman–Crippen MR) is 74.8 cm³/mol. The van der Waals surface area contributed by atoms with Crippen LogP contribution in [-0.2, 0) is 6.54 Å². The third-order valence-corrected chi connectivity index (χ3v) is 3.11. The fourth-order valence-electron chi connectivity index (χ4n) is 1.90. The number of halogens is 1. The van der Waals surface area contributed by atoms with Crippen LogP contribution in [0.25, 0.3) is 0 Å². The standard InChI is InChI=1S/C15H15FN2O2/c1-11(13-3-2-4-14(16)9-13)17-10-12-5-7-15(8-6-12)18(19)20/h2-9,11,17H,10H2,1H3/t11-/m0/s1. The zero-order valence-corrected chi connectivity index (χ0v) is 11.0. The summed E-state index contributed by atoms with van der Waals surface area (Å²) in [5.41, 5.74) is 1.89. The zero-order chi connectivity index (χ0) is 14.5. The van der Waals surface area contributed by atoms with Gasteiger partial charge in [0, 0.05) is 24.7 Å². The number of nitro benzene ring substituents is 1. The minimum atomic E-state index is -0.424. The van der Waals surface area contributed by atoms with Gasteiger partial charge in [-0.15, -0.1) is 0 Å². The summed E-state index contributed by atoms with van der Waals surface area (Å²) in [7, 11) is 0. The Kier molecular flexibility index (Phi) is 4.42. The first-order valence-corrected chi connectivity index (χ1v) is 6.28. The molecule has 0 heterocycles. The molecule has 0 bridgehead atoms. The number of nitrogens with zero attached hydrogens (tertiary/aromatic N) is 1. The smallest absolute Gasteiger partial charge is 0.269 e. The Bertz CT molecular complexity index is 599. The maximum Gasteiger partial charge on any atom is 0.269 e. The molecule has 0 aromatic heterocycles. The van der Waals surface area contributed by atoms with Crippen molar-refractivity contribution in [1.29, 1.82) is 0 Å². The molecule has 2 aromatic rings. The second-order valence-electron chi connectivity index (χ2n) is 4.58. The van der Waals surface area contributed by atoms with Gasteiger partial charge in [0.2, 0.25) is 0 Å². The lowest BCUT2D eigenvalue weighted by Crippen LogP contribution is -2.18. The fourth-order valence-corrected chi connectivity index (χ4v) is 1.90. The van der Waals surface area contributed by atoms with Gasteiger partial charge in [0.25, 0.3) is 5.69 Å². The van der Waals surface area contributed by atoms with Crippen LogP contribution in [0.1, 0.15) is 24.1 Å². The molecule has 2 rings (SSSR count). The van der Waals surface area contributed by atoms with Crippen LogP contribution in [0.15, 0.2) is 48.5 Å². The third kappa shape index (κ3) is 3.61. The lowest BCUT2D eigenvalue weighted by Gasteiger charge is -2.14. The molecular formula is C15H15FN2O2. The van der Waals surface area contributed by atoms with Crippen molar-refractivity contribution < 1.29 is 9.31 Å². The van der Waals surface area contributed by atoms with E-state index in [1.165, 1.54) is 24.3 Å². The van der Waals surface area contributed by atoms with Crippen molar-refractivity contribution in [3.05, 3.63) is 75.6 Å². The summed E-state index contributed by atoms with van der Waals surface area (Å²) in [5, 5.41) is 13.8. The first-order chi connectivity index (χ1) is 9.56. The number of nitrogens with one attached hydrogen (secondary N) is 1. The number of rotatable bonds is 5. The minimum Gasteiger partial charge on any atom is -0.306 e. The summed E-state index contributed by atoms with van der Waals surface area (Å²) >= 11 is 0. The normalized spacial score (nSPS) is 12.1. The molecule has 0 spiro atoms. The van der Waals surface area contributed by atoms with Gasteiger partial charge >= 0.3 is 0 Å². The van der Waals surface area contributed by atoms with Gasteiger partial charge in [0.1, 0.15) is 5.82 Å². The van der Waals surface area contributed by atoms with Gasteiger partial charge in [-0.3, -0.25) is 10.1 Å². The van der Waals surface area contributed by atoms with E-state index >= 15 is 0 Å². The second-order valence-corrected chi connectivity index (χ2v) is 4.58. The first kappa shape index (κ1) is 14.1. The van der Waals surface area contributed by atoms with Crippen LogP contribution in [0.5, 0.6) is 0 Å². The number of hydrogen-bond donors (Lipinski definition) is 1. The molecule has 0 aliphatic rings. The molecule has 0 amide bonds. The average molecular weight is 274 g/mol. The summed E-state index contributed by atoms with van der Waals surface area (Å²) in [6.45, 7) is 2.51. The molecule has 5 heteroatoms. The van der Waals surface area contributed by atoms with Crippen LogP contribution in [0.4, 0.5) is 10.1 Å². The molecule has 1 atom stereocenters. The van der Waals surface area contributed by atoms with Crippen molar-refractivity contribution in [1.82, 2.24) is 5.32 Å². The van der Waals surface area contributed by atoms with Gasteiger partial charge < -0.3 is 5.32 Å². The molecule has 104 valence electrons. The predicted octanol–water partition coefficient (Wildman–Crippen LogP) is 3.58. The third-order valence-electron chi connectivity index (χ3n) is 3.11. The van der Waals surface area contributed by atoms with Gasteiger partial charge in [-0.1, -0.05) is 24.3 Å². The lowest BCUT2D eigenvalue weighted by atomic mass is 10.1. The summed E-state index contributed by atoms with van der Waals surface area (Å²) in [6.07, 6.45) is 0. The molecule has 0 unspecified atom stereocenters. The maximum atomic E-state index is 13.1. The topological polar surface area (TPSA) is 55.2 Å². The van der Waals surface area contributed by atoms with E-state index in [4.69, 9.17) is 0 Å². The number of nitro groups is 1. The highest BCUT2D eigenvalue weighted by molar-refractivity contribution is 5.32. The van der Waals surface area contributed by atoms with E-state index in [1.54, 1.807) is 18.2 Å². The molecule has 0 saturated carbocycles. The van der Waals surface area contributed by atoms with Crippen LogP contribution in [-0.4, -0.2) is 4.92 Å². The van der Waals surface area contributed by atoms with Gasteiger partial charge in [-0.25, -0.2) is 4.39 Å². The van der Waals surface area contributed by atoms with E-state index in [0.29, 0.717) is 6.54 Å². The molecule has 0 saturated heterocycles. The quantitative estimate of drug-likeness (QED) is 0.669. The Hall–Kier alpha value is -2.27. The summed E-state index contributed by atoms with van der Waals surface area (Å²) in [6, 6.07) is 12.8. The monoisotopic (exact) mass is 274 g/mol. The van der Waals surface area contributed by atoms with Crippen molar-refractivity contribution in [2.45, 2.75) is 19.5 Å². The van der Waals surface area contributed by atoms with Gasteiger partial charge in [0.15, 0.2) is 0 Å². The SMILES string of the molecule is C[C@H](NCc1ccc([N+](=O)[O-])cc1)c1cccc(F)c1. The van der Waals surface area contributed by atoms with Gasteiger partial charge in [0.05, 0.1) is 4.92 Å². The van der Waals surface area contributed by atoms with Crippen molar-refractivity contribution >= 4 is 5.69 Å². The van der Waals surface area contributed by atoms with Gasteiger partial charge in [-0.05, 0) is 30.2 Å². The molecule has 4 nitrogen and oxygen atoms in total. The van der Waals surface area contributed by atoms with Crippen LogP contribution >= 0.6 is 0 Å². The van der Waals surface area contributed by atoms with Crippen molar-refractivity contribution in [3.63, 3.8) is 0 Å². The number of non-ortho nitro benzene ring substituents is 1. The van der Waals surface area contributed by atoms with Crippen LogP contribution in [0, 0.1) is 15.9 Å². The highest BCUT2D eigenvalue weighted by atomic mass is 19.1. The zero-order valence-electron chi connectivity index (χ0n) is 11.0. The van der Waals surface area contributed by atoms with Crippen molar-refractivity contribution in [2.24, 2.45) is 0 Å². The maximum absolute atomic E-state index is 13.1. The van der Waals surface area contributed by atoms with Crippen molar-refractivity contribution in [2.75, 3.05) is 0 Å². The molecule has 2 aromatic carbocycles.